The van der Waals surface area contributed by atoms with Crippen LogP contribution in [0.4, 0.5) is 0 Å². The van der Waals surface area contributed by atoms with Gasteiger partial charge in [0.1, 0.15) is 0 Å². The molecule has 0 spiro atoms. The standard InChI is InChI=1S/C18H17NO/c20-17-18(15-9-5-2-6-10-15)11-16(18)13-19(17)12-14-7-3-1-4-8-14/h1-10,16H,11-13H2. The molecule has 4 rings (SSSR count). The van der Waals surface area contributed by atoms with E-state index in [1.165, 1.54) is 11.1 Å². The summed E-state index contributed by atoms with van der Waals surface area (Å²) in [7, 11) is 0. The summed E-state index contributed by atoms with van der Waals surface area (Å²) in [5.41, 5.74) is 2.21. The number of benzene rings is 2. The molecule has 2 nitrogen and oxygen atoms in total. The van der Waals surface area contributed by atoms with Crippen LogP contribution in [0.25, 0.3) is 0 Å². The van der Waals surface area contributed by atoms with Crippen molar-refractivity contribution in [2.24, 2.45) is 5.92 Å². The highest BCUT2D eigenvalue weighted by molar-refractivity contribution is 5.94. The maximum Gasteiger partial charge on any atom is 0.233 e. The normalized spacial score (nSPS) is 27.5. The highest BCUT2D eigenvalue weighted by Crippen LogP contribution is 2.59. The fourth-order valence-electron chi connectivity index (χ4n) is 3.60. The van der Waals surface area contributed by atoms with Crippen molar-refractivity contribution in [2.75, 3.05) is 6.54 Å². The van der Waals surface area contributed by atoms with Gasteiger partial charge in [-0.1, -0.05) is 60.7 Å². The van der Waals surface area contributed by atoms with Crippen molar-refractivity contribution in [3.05, 3.63) is 71.8 Å². The van der Waals surface area contributed by atoms with Crippen LogP contribution in [0.5, 0.6) is 0 Å². The van der Waals surface area contributed by atoms with E-state index in [1.54, 1.807) is 0 Å². The van der Waals surface area contributed by atoms with Crippen molar-refractivity contribution in [3.63, 3.8) is 0 Å². The van der Waals surface area contributed by atoms with Crippen LogP contribution in [-0.2, 0) is 16.8 Å². The Morgan fingerprint density at radius 2 is 1.65 bits per heavy atom. The summed E-state index contributed by atoms with van der Waals surface area (Å²) >= 11 is 0. The Labute approximate surface area is 119 Å². The third-order valence-electron chi connectivity index (χ3n) is 4.72. The summed E-state index contributed by atoms with van der Waals surface area (Å²) in [4.78, 5) is 14.8. The van der Waals surface area contributed by atoms with E-state index in [0.29, 0.717) is 11.8 Å². The van der Waals surface area contributed by atoms with E-state index >= 15 is 0 Å². The predicted octanol–water partition coefficient (Wildman–Crippen LogP) is 2.99. The van der Waals surface area contributed by atoms with Crippen molar-refractivity contribution < 1.29 is 4.79 Å². The minimum absolute atomic E-state index is 0.198. The van der Waals surface area contributed by atoms with E-state index in [1.807, 2.05) is 41.3 Å². The number of nitrogens with zero attached hydrogens (tertiary/aromatic N) is 1. The van der Waals surface area contributed by atoms with Gasteiger partial charge in [0, 0.05) is 13.1 Å². The zero-order valence-corrected chi connectivity index (χ0v) is 11.3. The van der Waals surface area contributed by atoms with Crippen molar-refractivity contribution in [1.29, 1.82) is 0 Å². The van der Waals surface area contributed by atoms with Gasteiger partial charge in [-0.15, -0.1) is 0 Å². The number of likely N-dealkylation sites (tertiary alicyclic amines) is 1. The molecule has 2 fully saturated rings. The Morgan fingerprint density at radius 1 is 1.00 bits per heavy atom. The fraction of sp³-hybridized carbons (Fsp3) is 0.278. The topological polar surface area (TPSA) is 20.3 Å². The summed E-state index contributed by atoms with van der Waals surface area (Å²) in [6.45, 7) is 1.65. The van der Waals surface area contributed by atoms with E-state index in [4.69, 9.17) is 0 Å². The Kier molecular flexibility index (Phi) is 2.46. The molecule has 2 unspecified atom stereocenters. The molecular formula is C18H17NO. The van der Waals surface area contributed by atoms with Crippen molar-refractivity contribution in [2.45, 2.75) is 18.4 Å². The van der Waals surface area contributed by atoms with Crippen LogP contribution < -0.4 is 0 Å². The molecule has 1 amide bonds. The Balaban J connectivity index is 1.59. The summed E-state index contributed by atoms with van der Waals surface area (Å²) < 4.78 is 0. The summed E-state index contributed by atoms with van der Waals surface area (Å²) in [5, 5.41) is 0. The van der Waals surface area contributed by atoms with Crippen LogP contribution in [0.15, 0.2) is 60.7 Å². The van der Waals surface area contributed by atoms with Crippen LogP contribution >= 0.6 is 0 Å². The molecule has 1 aliphatic carbocycles. The second-order valence-electron chi connectivity index (χ2n) is 5.91. The van der Waals surface area contributed by atoms with Gasteiger partial charge in [0.2, 0.25) is 5.91 Å². The number of carbonyl (C=O) groups is 1. The van der Waals surface area contributed by atoms with Crippen molar-refractivity contribution in [3.8, 4) is 0 Å². The molecule has 2 atom stereocenters. The van der Waals surface area contributed by atoms with E-state index in [0.717, 1.165) is 19.5 Å². The maximum atomic E-state index is 12.8. The number of carbonyl (C=O) groups excluding carboxylic acids is 1. The van der Waals surface area contributed by atoms with E-state index in [2.05, 4.69) is 24.3 Å². The van der Waals surface area contributed by atoms with Gasteiger partial charge in [-0.2, -0.15) is 0 Å². The average molecular weight is 263 g/mol. The average Bonchev–Trinajstić information content (AvgIpc) is 3.17. The van der Waals surface area contributed by atoms with Crippen LogP contribution in [-0.4, -0.2) is 17.4 Å². The number of fused-ring (bicyclic) bond motifs is 1. The molecule has 0 N–H and O–H groups in total. The molecule has 0 aromatic heterocycles. The van der Waals surface area contributed by atoms with Crippen LogP contribution in [0.3, 0.4) is 0 Å². The quantitative estimate of drug-likeness (QED) is 0.833. The van der Waals surface area contributed by atoms with Crippen molar-refractivity contribution >= 4 is 5.91 Å². The molecule has 1 aliphatic heterocycles. The lowest BCUT2D eigenvalue weighted by Crippen LogP contribution is -2.33. The zero-order chi connectivity index (χ0) is 13.6. The lowest BCUT2D eigenvalue weighted by Gasteiger charge is -2.21. The molecule has 0 bridgehead atoms. The van der Waals surface area contributed by atoms with Crippen LogP contribution in [0.1, 0.15) is 17.5 Å². The van der Waals surface area contributed by atoms with Crippen LogP contribution in [0, 0.1) is 5.92 Å². The highest BCUT2D eigenvalue weighted by atomic mass is 16.2. The third kappa shape index (κ3) is 1.61. The highest BCUT2D eigenvalue weighted by Gasteiger charge is 2.67. The van der Waals surface area contributed by atoms with E-state index in [-0.39, 0.29) is 5.41 Å². The smallest absolute Gasteiger partial charge is 0.233 e. The van der Waals surface area contributed by atoms with Crippen LogP contribution in [0.2, 0.25) is 0 Å². The zero-order valence-electron chi connectivity index (χ0n) is 11.3. The number of hydrogen-bond acceptors (Lipinski definition) is 1. The van der Waals surface area contributed by atoms with Gasteiger partial charge in [-0.05, 0) is 23.5 Å². The SMILES string of the molecule is O=C1N(Cc2ccccc2)CC2CC12c1ccccc1. The molecular weight excluding hydrogens is 246 g/mol. The second kappa shape index (κ2) is 4.20. The van der Waals surface area contributed by atoms with E-state index < -0.39 is 0 Å². The lowest BCUT2D eigenvalue weighted by atomic mass is 9.94. The number of hydrogen-bond donors (Lipinski definition) is 0. The van der Waals surface area contributed by atoms with Gasteiger partial charge in [0.05, 0.1) is 5.41 Å². The summed E-state index contributed by atoms with van der Waals surface area (Å²) in [6.07, 6.45) is 1.03. The first-order valence-corrected chi connectivity index (χ1v) is 7.19. The lowest BCUT2D eigenvalue weighted by molar-refractivity contribution is -0.131. The first kappa shape index (κ1) is 11.7. The molecule has 0 radical (unpaired) electrons. The van der Waals surface area contributed by atoms with Gasteiger partial charge >= 0.3 is 0 Å². The molecule has 20 heavy (non-hydrogen) atoms. The molecule has 2 aliphatic rings. The minimum Gasteiger partial charge on any atom is -0.337 e. The first-order chi connectivity index (χ1) is 9.80. The Hall–Kier alpha value is -2.09. The first-order valence-electron chi connectivity index (χ1n) is 7.19. The largest absolute Gasteiger partial charge is 0.337 e. The molecule has 1 saturated carbocycles. The number of rotatable bonds is 3. The molecule has 1 heterocycles. The summed E-state index contributed by atoms with van der Waals surface area (Å²) in [6, 6.07) is 20.5. The molecule has 100 valence electrons. The maximum absolute atomic E-state index is 12.8. The summed E-state index contributed by atoms with van der Waals surface area (Å²) in [5.74, 6) is 0.832. The molecule has 2 heteroatoms. The van der Waals surface area contributed by atoms with Gasteiger partial charge in [0.25, 0.3) is 0 Å². The Morgan fingerprint density at radius 3 is 2.35 bits per heavy atom. The molecule has 2 aromatic rings. The van der Waals surface area contributed by atoms with Gasteiger partial charge in [-0.25, -0.2) is 0 Å². The van der Waals surface area contributed by atoms with E-state index in [9.17, 15) is 4.79 Å². The number of amides is 1. The second-order valence-corrected chi connectivity index (χ2v) is 5.91. The monoisotopic (exact) mass is 263 g/mol. The fourth-order valence-corrected chi connectivity index (χ4v) is 3.60. The molecule has 1 saturated heterocycles. The predicted molar refractivity (Wildman–Crippen MR) is 78.1 cm³/mol. The number of piperidine rings is 1. The minimum atomic E-state index is -0.198. The van der Waals surface area contributed by atoms with Crippen molar-refractivity contribution in [1.82, 2.24) is 4.90 Å². The Bertz CT molecular complexity index is 637. The van der Waals surface area contributed by atoms with Gasteiger partial charge in [0.15, 0.2) is 0 Å². The molecule has 2 aromatic carbocycles. The third-order valence-corrected chi connectivity index (χ3v) is 4.72. The van der Waals surface area contributed by atoms with Gasteiger partial charge < -0.3 is 4.90 Å². The van der Waals surface area contributed by atoms with Gasteiger partial charge in [-0.3, -0.25) is 4.79 Å².